The summed E-state index contributed by atoms with van der Waals surface area (Å²) in [5.74, 6) is 0.766. The maximum absolute atomic E-state index is 13.7. The topological polar surface area (TPSA) is 49.6 Å². The first-order valence-corrected chi connectivity index (χ1v) is 9.96. The second kappa shape index (κ2) is 7.84. The number of rotatable bonds is 4. The maximum Gasteiger partial charge on any atom is 0.165 e. The number of nitrogens with zero attached hydrogens (tertiary/aromatic N) is 6. The lowest BCUT2D eigenvalue weighted by Crippen LogP contribution is -2.46. The molecule has 30 heavy (non-hydrogen) atoms. The summed E-state index contributed by atoms with van der Waals surface area (Å²) >= 11 is 0. The lowest BCUT2D eigenvalue weighted by molar-refractivity contribution is 0.176. The molecule has 1 saturated heterocycles. The Morgan fingerprint density at radius 2 is 1.70 bits per heavy atom. The molecule has 1 aliphatic rings. The highest BCUT2D eigenvalue weighted by Gasteiger charge is 2.21. The van der Waals surface area contributed by atoms with Gasteiger partial charge in [-0.15, -0.1) is 0 Å². The van der Waals surface area contributed by atoms with Gasteiger partial charge in [-0.2, -0.15) is 5.10 Å². The van der Waals surface area contributed by atoms with Gasteiger partial charge in [0, 0.05) is 50.3 Å². The number of halogens is 1. The molecule has 0 unspecified atom stereocenters. The second-order valence-corrected chi connectivity index (χ2v) is 7.44. The Bertz CT molecular complexity index is 1230. The fraction of sp³-hybridized carbons (Fsp3) is 0.261. The average molecular weight is 403 g/mol. The number of anilines is 1. The number of piperazine rings is 1. The fourth-order valence-electron chi connectivity index (χ4n) is 3.81. The van der Waals surface area contributed by atoms with Crippen LogP contribution in [0.3, 0.4) is 0 Å². The summed E-state index contributed by atoms with van der Waals surface area (Å²) in [5.41, 5.74) is 5.67. The van der Waals surface area contributed by atoms with Crippen molar-refractivity contribution in [3.63, 3.8) is 0 Å². The highest BCUT2D eigenvalue weighted by Crippen LogP contribution is 2.35. The van der Waals surface area contributed by atoms with Gasteiger partial charge in [0.2, 0.25) is 0 Å². The van der Waals surface area contributed by atoms with Crippen molar-refractivity contribution < 1.29 is 7.13 Å². The van der Waals surface area contributed by atoms with Crippen LogP contribution in [0.15, 0.2) is 61.1 Å². The molecule has 3 aromatic heterocycles. The van der Waals surface area contributed by atoms with Gasteiger partial charge in [-0.3, -0.25) is 9.88 Å². The van der Waals surface area contributed by atoms with E-state index < -0.39 is 6.75 Å². The zero-order chi connectivity index (χ0) is 22.3. The molecular formula is C23H23FN6. The lowest BCUT2D eigenvalue weighted by Gasteiger charge is -2.33. The van der Waals surface area contributed by atoms with Crippen molar-refractivity contribution in [2.75, 3.05) is 37.8 Å². The molecule has 0 spiro atoms. The third-order valence-corrected chi connectivity index (χ3v) is 5.49. The monoisotopic (exact) mass is 403 g/mol. The molecule has 1 aromatic carbocycles. The molecule has 0 bridgehead atoms. The minimum absolute atomic E-state index is 0.293. The Labute approximate surface area is 177 Å². The number of fused-ring (bicyclic) bond motifs is 1. The van der Waals surface area contributed by atoms with Crippen LogP contribution in [0.25, 0.3) is 28.0 Å². The first kappa shape index (κ1) is 16.5. The molecule has 1 aliphatic heterocycles. The summed E-state index contributed by atoms with van der Waals surface area (Å²) in [5, 5.41) is 4.83. The van der Waals surface area contributed by atoms with E-state index in [-0.39, 0.29) is 0 Å². The van der Waals surface area contributed by atoms with Crippen molar-refractivity contribution in [2.45, 2.75) is 6.92 Å². The van der Waals surface area contributed by atoms with E-state index >= 15 is 0 Å². The van der Waals surface area contributed by atoms with Gasteiger partial charge < -0.3 is 4.90 Å². The molecule has 4 heterocycles. The summed E-state index contributed by atoms with van der Waals surface area (Å²) in [6, 6.07) is 14.1. The number of hydrogen-bond acceptors (Lipinski definition) is 5. The van der Waals surface area contributed by atoms with Gasteiger partial charge in [-0.25, -0.2) is 13.9 Å². The Kier molecular flexibility index (Phi) is 4.30. The molecule has 4 aromatic rings. The van der Waals surface area contributed by atoms with Crippen molar-refractivity contribution in [3.8, 4) is 22.4 Å². The van der Waals surface area contributed by atoms with Gasteiger partial charge in [-0.1, -0.05) is 29.8 Å². The number of alkyl halides is 1. The van der Waals surface area contributed by atoms with Crippen LogP contribution in [-0.4, -0.2) is 57.4 Å². The predicted molar refractivity (Wildman–Crippen MR) is 116 cm³/mol. The maximum atomic E-state index is 13.7. The first-order chi connectivity index (χ1) is 15.4. The van der Waals surface area contributed by atoms with Crippen LogP contribution < -0.4 is 4.90 Å². The van der Waals surface area contributed by atoms with Crippen LogP contribution in [0, 0.1) is 6.92 Å². The molecule has 6 nitrogen and oxygen atoms in total. The highest BCUT2D eigenvalue weighted by molar-refractivity contribution is 5.90. The Morgan fingerprint density at radius 1 is 0.967 bits per heavy atom. The Morgan fingerprint density at radius 3 is 2.40 bits per heavy atom. The van der Waals surface area contributed by atoms with E-state index in [0.717, 1.165) is 33.8 Å². The van der Waals surface area contributed by atoms with E-state index in [1.165, 1.54) is 10.5 Å². The quantitative estimate of drug-likeness (QED) is 0.485. The zero-order valence-corrected chi connectivity index (χ0v) is 16.7. The normalized spacial score (nSPS) is 16.5. The van der Waals surface area contributed by atoms with E-state index in [0.29, 0.717) is 26.2 Å². The smallest absolute Gasteiger partial charge is 0.165 e. The van der Waals surface area contributed by atoms with Gasteiger partial charge in [0.15, 0.2) is 5.65 Å². The molecule has 152 valence electrons. The number of hydrogen-bond donors (Lipinski definition) is 0. The van der Waals surface area contributed by atoms with E-state index in [4.69, 9.17) is 12.8 Å². The van der Waals surface area contributed by atoms with Gasteiger partial charge in [0.1, 0.15) is 18.3 Å². The summed E-state index contributed by atoms with van der Waals surface area (Å²) in [4.78, 5) is 12.3. The zero-order valence-electron chi connectivity index (χ0n) is 18.7. The van der Waals surface area contributed by atoms with E-state index in [1.54, 1.807) is 16.9 Å². The summed E-state index contributed by atoms with van der Waals surface area (Å²) < 4.78 is 30.0. The van der Waals surface area contributed by atoms with Crippen LogP contribution in [0.2, 0.25) is 0 Å². The highest BCUT2D eigenvalue weighted by atomic mass is 18.2. The summed E-state index contributed by atoms with van der Waals surface area (Å²) in [6.45, 7) is 0.834. The largest absolute Gasteiger partial charge is 0.354 e. The summed E-state index contributed by atoms with van der Waals surface area (Å²) in [6.07, 6.45) is 5.40. The predicted octanol–water partition coefficient (Wildman–Crippen LogP) is 3.82. The molecular weight excluding hydrogens is 378 g/mol. The van der Waals surface area contributed by atoms with Gasteiger partial charge in [0.05, 0.1) is 8.30 Å². The van der Waals surface area contributed by atoms with Gasteiger partial charge >= 0.3 is 0 Å². The van der Waals surface area contributed by atoms with E-state index in [1.807, 2.05) is 24.4 Å². The van der Waals surface area contributed by atoms with Crippen LogP contribution in [0.1, 0.15) is 8.30 Å². The molecule has 0 atom stereocenters. The van der Waals surface area contributed by atoms with Crippen molar-refractivity contribution in [1.82, 2.24) is 24.5 Å². The molecule has 5 rings (SSSR count). The van der Waals surface area contributed by atoms with Gasteiger partial charge in [-0.05, 0) is 30.7 Å². The number of aromatic nitrogens is 4. The SMILES string of the molecule is [2H]C([2H])([18F])N1CCN(c2ccn3nc(-c4ccc(C)cc4)c(-c4ccncc4)c3n2)CC1. The van der Waals surface area contributed by atoms with Crippen molar-refractivity contribution >= 4 is 11.5 Å². The fourth-order valence-corrected chi connectivity index (χ4v) is 3.81. The second-order valence-electron chi connectivity index (χ2n) is 7.44. The number of benzene rings is 1. The Balaban J connectivity index is 1.58. The average Bonchev–Trinajstić information content (AvgIpc) is 3.18. The van der Waals surface area contributed by atoms with Crippen LogP contribution in [0.4, 0.5) is 10.2 Å². The lowest BCUT2D eigenvalue weighted by atomic mass is 10.0. The summed E-state index contributed by atoms with van der Waals surface area (Å²) in [7, 11) is 0. The molecule has 7 heteroatoms. The van der Waals surface area contributed by atoms with E-state index in [2.05, 4.69) is 41.1 Å². The third-order valence-electron chi connectivity index (χ3n) is 5.49. The molecule has 0 amide bonds. The number of aryl methyl sites for hydroxylation is 1. The van der Waals surface area contributed by atoms with Crippen molar-refractivity contribution in [2.24, 2.45) is 0 Å². The molecule has 1 fully saturated rings. The minimum atomic E-state index is -2.80. The third kappa shape index (κ3) is 3.41. The van der Waals surface area contributed by atoms with Crippen LogP contribution in [0.5, 0.6) is 0 Å². The Hall–Kier alpha value is -3.32. The van der Waals surface area contributed by atoms with Crippen molar-refractivity contribution in [1.29, 1.82) is 0 Å². The van der Waals surface area contributed by atoms with Gasteiger partial charge in [0.25, 0.3) is 0 Å². The van der Waals surface area contributed by atoms with E-state index in [9.17, 15) is 4.39 Å². The minimum Gasteiger partial charge on any atom is -0.354 e. The molecule has 0 N–H and O–H groups in total. The first-order valence-electron chi connectivity index (χ1n) is 11.0. The van der Waals surface area contributed by atoms with Crippen molar-refractivity contribution in [3.05, 3.63) is 66.6 Å². The molecule has 0 aliphatic carbocycles. The van der Waals surface area contributed by atoms with Crippen LogP contribution in [-0.2, 0) is 0 Å². The number of pyridine rings is 1. The standard InChI is InChI=1S/C23H23FN6/c1-17-2-4-19(5-3-17)22-21(18-6-9-25-10-7-18)23-26-20(8-11-30(23)27-22)29-14-12-28(16-24)13-15-29/h2-11H,12-16H2,1H3/i16D2,24-1. The molecule has 0 radical (unpaired) electrons. The van der Waals surface area contributed by atoms with Crippen LogP contribution >= 0.6 is 0 Å². The molecule has 0 saturated carbocycles.